The Morgan fingerprint density at radius 1 is 1.05 bits per heavy atom. The van der Waals surface area contributed by atoms with E-state index in [4.69, 9.17) is 4.42 Å². The summed E-state index contributed by atoms with van der Waals surface area (Å²) < 4.78 is 43.5. The van der Waals surface area contributed by atoms with Crippen LogP contribution >= 0.6 is 0 Å². The summed E-state index contributed by atoms with van der Waals surface area (Å²) in [6.07, 6.45) is -3.39. The predicted octanol–water partition coefficient (Wildman–Crippen LogP) is 4.18. The number of fused-ring (bicyclic) bond motifs is 1. The van der Waals surface area contributed by atoms with Crippen molar-refractivity contribution in [2.45, 2.75) is 6.18 Å². The van der Waals surface area contributed by atoms with Crippen LogP contribution in [0, 0.1) is 0 Å². The molecule has 1 N–H and O–H groups in total. The Morgan fingerprint density at radius 3 is 2.55 bits per heavy atom. The maximum atomic E-state index is 12.8. The highest BCUT2D eigenvalue weighted by atomic mass is 19.4. The number of rotatable bonds is 1. The zero-order chi connectivity index (χ0) is 15.9. The van der Waals surface area contributed by atoms with Gasteiger partial charge >= 0.3 is 6.18 Å². The van der Waals surface area contributed by atoms with E-state index in [0.717, 1.165) is 18.4 Å². The topological polar surface area (TPSA) is 50.4 Å². The summed E-state index contributed by atoms with van der Waals surface area (Å²) in [7, 11) is 0. The summed E-state index contributed by atoms with van der Waals surface area (Å²) in [5, 5.41) is 9.53. The second kappa shape index (κ2) is 4.91. The van der Waals surface area contributed by atoms with Crippen molar-refractivity contribution in [2.24, 2.45) is 0 Å². The van der Waals surface area contributed by atoms with Crippen molar-refractivity contribution < 1.29 is 22.7 Å². The molecule has 1 heterocycles. The van der Waals surface area contributed by atoms with Crippen LogP contribution in [0.5, 0.6) is 5.75 Å². The van der Waals surface area contributed by atoms with E-state index in [1.54, 1.807) is 0 Å². The number of phenolic OH excluding ortho intramolecular Hbond substituents is 1. The highest BCUT2D eigenvalue weighted by molar-refractivity contribution is 5.82. The van der Waals surface area contributed by atoms with E-state index in [9.17, 15) is 23.1 Å². The van der Waals surface area contributed by atoms with E-state index in [1.807, 2.05) is 0 Å². The number of hydrogen-bond acceptors (Lipinski definition) is 3. The highest BCUT2D eigenvalue weighted by Gasteiger charge is 2.30. The maximum Gasteiger partial charge on any atom is 0.416 e. The van der Waals surface area contributed by atoms with Gasteiger partial charge in [0.2, 0.25) is 0 Å². The number of alkyl halides is 3. The maximum absolute atomic E-state index is 12.8. The molecule has 1 aromatic heterocycles. The Bertz CT molecular complexity index is 910. The number of hydrogen-bond donors (Lipinski definition) is 1. The molecule has 0 unspecified atom stereocenters. The summed E-state index contributed by atoms with van der Waals surface area (Å²) >= 11 is 0. The van der Waals surface area contributed by atoms with Crippen molar-refractivity contribution in [1.82, 2.24) is 0 Å². The predicted molar refractivity (Wildman–Crippen MR) is 74.6 cm³/mol. The Balaban J connectivity index is 2.21. The van der Waals surface area contributed by atoms with Crippen molar-refractivity contribution in [3.8, 4) is 16.9 Å². The van der Waals surface area contributed by atoms with Crippen LogP contribution in [0.1, 0.15) is 5.56 Å². The third-order valence-corrected chi connectivity index (χ3v) is 3.26. The Hall–Kier alpha value is -2.76. The molecule has 0 bridgehead atoms. The van der Waals surface area contributed by atoms with Gasteiger partial charge in [0.25, 0.3) is 0 Å². The molecule has 3 rings (SSSR count). The average Bonchev–Trinajstić information content (AvgIpc) is 2.46. The molecule has 6 heteroatoms. The fourth-order valence-corrected chi connectivity index (χ4v) is 2.18. The van der Waals surface area contributed by atoms with Crippen LogP contribution in [0.2, 0.25) is 0 Å². The van der Waals surface area contributed by atoms with Gasteiger partial charge < -0.3 is 9.52 Å². The molecule has 22 heavy (non-hydrogen) atoms. The van der Waals surface area contributed by atoms with E-state index in [0.29, 0.717) is 0 Å². The lowest BCUT2D eigenvalue weighted by Gasteiger charge is -2.08. The zero-order valence-electron chi connectivity index (χ0n) is 11.0. The number of aromatic hydroxyl groups is 1. The molecule has 0 aliphatic rings. The third-order valence-electron chi connectivity index (χ3n) is 3.26. The van der Waals surface area contributed by atoms with Crippen molar-refractivity contribution in [3.05, 3.63) is 64.5 Å². The van der Waals surface area contributed by atoms with Gasteiger partial charge in [0, 0.05) is 6.07 Å². The largest absolute Gasteiger partial charge is 0.508 e. The van der Waals surface area contributed by atoms with Gasteiger partial charge in [0.15, 0.2) is 5.43 Å². The first kappa shape index (κ1) is 14.2. The molecule has 0 saturated carbocycles. The lowest BCUT2D eigenvalue weighted by atomic mass is 10.0. The lowest BCUT2D eigenvalue weighted by Crippen LogP contribution is -2.07. The molecule has 0 aliphatic carbocycles. The summed E-state index contributed by atoms with van der Waals surface area (Å²) in [6.45, 7) is 0. The fourth-order valence-electron chi connectivity index (χ4n) is 2.18. The SMILES string of the molecule is O=c1c(-c2cccc(C(F)(F)F)c2)coc2cc(O)ccc12. The molecule has 0 atom stereocenters. The Kier molecular flexibility index (Phi) is 3.16. The average molecular weight is 306 g/mol. The molecule has 0 saturated heterocycles. The van der Waals surface area contributed by atoms with Crippen LogP contribution in [0.3, 0.4) is 0 Å². The van der Waals surface area contributed by atoms with E-state index in [2.05, 4.69) is 0 Å². The van der Waals surface area contributed by atoms with Gasteiger partial charge in [-0.2, -0.15) is 13.2 Å². The third kappa shape index (κ3) is 2.43. The van der Waals surface area contributed by atoms with Gasteiger partial charge in [0.1, 0.15) is 17.6 Å². The fraction of sp³-hybridized carbons (Fsp3) is 0.0625. The summed E-state index contributed by atoms with van der Waals surface area (Å²) in [5.74, 6) is -0.0672. The minimum absolute atomic E-state index is 0.0317. The van der Waals surface area contributed by atoms with Gasteiger partial charge in [-0.3, -0.25) is 4.79 Å². The van der Waals surface area contributed by atoms with Crippen LogP contribution in [0.25, 0.3) is 22.1 Å². The molecule has 0 fully saturated rings. The highest BCUT2D eigenvalue weighted by Crippen LogP contribution is 2.32. The van der Waals surface area contributed by atoms with Crippen LogP contribution in [0.15, 0.2) is 57.9 Å². The van der Waals surface area contributed by atoms with Crippen molar-refractivity contribution in [2.75, 3.05) is 0 Å². The lowest BCUT2D eigenvalue weighted by molar-refractivity contribution is -0.137. The van der Waals surface area contributed by atoms with Crippen molar-refractivity contribution >= 4 is 11.0 Å². The Morgan fingerprint density at radius 2 is 1.82 bits per heavy atom. The molecule has 0 radical (unpaired) electrons. The standard InChI is InChI=1S/C16H9F3O3/c17-16(18,19)10-3-1-2-9(6-10)13-8-22-14-7-11(20)4-5-12(14)15(13)21/h1-8,20H. The number of benzene rings is 2. The number of phenols is 1. The first-order valence-electron chi connectivity index (χ1n) is 6.28. The van der Waals surface area contributed by atoms with Crippen LogP contribution in [-0.2, 0) is 6.18 Å². The van der Waals surface area contributed by atoms with Crippen LogP contribution < -0.4 is 5.43 Å². The van der Waals surface area contributed by atoms with Crippen LogP contribution in [0.4, 0.5) is 13.2 Å². The molecular weight excluding hydrogens is 297 g/mol. The van der Waals surface area contributed by atoms with Gasteiger partial charge in [-0.05, 0) is 29.8 Å². The van der Waals surface area contributed by atoms with E-state index >= 15 is 0 Å². The second-order valence-corrected chi connectivity index (χ2v) is 4.74. The van der Waals surface area contributed by atoms with Gasteiger partial charge in [-0.15, -0.1) is 0 Å². The zero-order valence-corrected chi connectivity index (χ0v) is 11.0. The molecule has 0 amide bonds. The molecule has 0 aliphatic heterocycles. The van der Waals surface area contributed by atoms with Crippen molar-refractivity contribution in [1.29, 1.82) is 0 Å². The molecule has 3 aromatic rings. The summed E-state index contributed by atoms with van der Waals surface area (Å²) in [6, 6.07) is 8.44. The van der Waals surface area contributed by atoms with E-state index < -0.39 is 17.2 Å². The molecule has 2 aromatic carbocycles. The summed E-state index contributed by atoms with van der Waals surface area (Å²) in [5.41, 5.74) is -0.973. The van der Waals surface area contributed by atoms with E-state index in [1.165, 1.54) is 30.3 Å². The minimum atomic E-state index is -4.49. The smallest absolute Gasteiger partial charge is 0.416 e. The van der Waals surface area contributed by atoms with Crippen molar-refractivity contribution in [3.63, 3.8) is 0 Å². The van der Waals surface area contributed by atoms with Gasteiger partial charge in [-0.1, -0.05) is 12.1 Å². The molecule has 0 spiro atoms. The number of halogens is 3. The second-order valence-electron chi connectivity index (χ2n) is 4.74. The Labute approximate surface area is 122 Å². The monoisotopic (exact) mass is 306 g/mol. The molecule has 3 nitrogen and oxygen atoms in total. The van der Waals surface area contributed by atoms with E-state index in [-0.39, 0.29) is 27.8 Å². The van der Waals surface area contributed by atoms with Crippen LogP contribution in [-0.4, -0.2) is 5.11 Å². The minimum Gasteiger partial charge on any atom is -0.508 e. The summed E-state index contributed by atoms with van der Waals surface area (Å²) in [4.78, 5) is 12.4. The normalized spacial score (nSPS) is 11.8. The van der Waals surface area contributed by atoms with Gasteiger partial charge in [-0.25, -0.2) is 0 Å². The molecular formula is C16H9F3O3. The first-order chi connectivity index (χ1) is 10.4. The first-order valence-corrected chi connectivity index (χ1v) is 6.28. The molecule has 112 valence electrons. The van der Waals surface area contributed by atoms with Gasteiger partial charge in [0.05, 0.1) is 16.5 Å². The quantitative estimate of drug-likeness (QED) is 0.733.